The largest absolute Gasteiger partial charge is 0.391 e. The summed E-state index contributed by atoms with van der Waals surface area (Å²) in [6.07, 6.45) is 0.962. The fourth-order valence-corrected chi connectivity index (χ4v) is 1.55. The van der Waals surface area contributed by atoms with Gasteiger partial charge in [-0.15, -0.1) is 0 Å². The molecular formula is C8H15NO2. The topological polar surface area (TPSA) is 40.5 Å². The van der Waals surface area contributed by atoms with Gasteiger partial charge in [0.15, 0.2) is 0 Å². The van der Waals surface area contributed by atoms with Crippen molar-refractivity contribution in [3.8, 4) is 0 Å². The Morgan fingerprint density at radius 1 is 1.73 bits per heavy atom. The Kier molecular flexibility index (Phi) is 2.49. The zero-order valence-electron chi connectivity index (χ0n) is 7.08. The third-order valence-electron chi connectivity index (χ3n) is 2.18. The van der Waals surface area contributed by atoms with Gasteiger partial charge in [-0.1, -0.05) is 6.92 Å². The van der Waals surface area contributed by atoms with Crippen molar-refractivity contribution in [3.63, 3.8) is 0 Å². The molecule has 0 radical (unpaired) electrons. The maximum absolute atomic E-state index is 11.2. The third-order valence-corrected chi connectivity index (χ3v) is 2.18. The van der Waals surface area contributed by atoms with E-state index in [9.17, 15) is 9.90 Å². The van der Waals surface area contributed by atoms with E-state index >= 15 is 0 Å². The quantitative estimate of drug-likeness (QED) is 0.597. The van der Waals surface area contributed by atoms with Crippen LogP contribution in [-0.2, 0) is 4.79 Å². The lowest BCUT2D eigenvalue weighted by Gasteiger charge is -2.19. The summed E-state index contributed by atoms with van der Waals surface area (Å²) in [5.74, 6) is 0.147. The number of carbonyl (C=O) groups excluding carboxylic acids is 1. The molecule has 0 bridgehead atoms. The predicted molar refractivity (Wildman–Crippen MR) is 42.1 cm³/mol. The molecule has 0 unspecified atom stereocenters. The van der Waals surface area contributed by atoms with Gasteiger partial charge in [0.1, 0.15) is 0 Å². The number of nitrogens with zero attached hydrogens (tertiary/aromatic N) is 1. The zero-order valence-corrected chi connectivity index (χ0v) is 7.08. The molecule has 1 saturated heterocycles. The van der Waals surface area contributed by atoms with Crippen molar-refractivity contribution in [3.05, 3.63) is 0 Å². The fourth-order valence-electron chi connectivity index (χ4n) is 1.55. The van der Waals surface area contributed by atoms with Crippen LogP contribution in [-0.4, -0.2) is 34.6 Å². The molecule has 1 amide bonds. The molecule has 0 aromatic heterocycles. The molecule has 1 aliphatic heterocycles. The molecule has 0 saturated carbocycles. The molecule has 64 valence electrons. The van der Waals surface area contributed by atoms with E-state index in [1.165, 1.54) is 0 Å². The van der Waals surface area contributed by atoms with Crippen LogP contribution < -0.4 is 0 Å². The van der Waals surface area contributed by atoms with Gasteiger partial charge in [0.05, 0.1) is 6.10 Å². The molecule has 0 aromatic rings. The average molecular weight is 157 g/mol. The molecule has 0 aliphatic carbocycles. The highest BCUT2D eigenvalue weighted by Gasteiger charge is 2.29. The van der Waals surface area contributed by atoms with Crippen molar-refractivity contribution in [2.24, 2.45) is 0 Å². The second kappa shape index (κ2) is 3.22. The number of carbonyl (C=O) groups is 1. The lowest BCUT2D eigenvalue weighted by Crippen LogP contribution is -2.33. The van der Waals surface area contributed by atoms with Gasteiger partial charge >= 0.3 is 0 Å². The Morgan fingerprint density at radius 2 is 2.36 bits per heavy atom. The van der Waals surface area contributed by atoms with Gasteiger partial charge < -0.3 is 10.0 Å². The smallest absolute Gasteiger partial charge is 0.222 e. The number of hydrogen-bond acceptors (Lipinski definition) is 2. The van der Waals surface area contributed by atoms with Gasteiger partial charge in [0.25, 0.3) is 0 Å². The summed E-state index contributed by atoms with van der Waals surface area (Å²) in [6.45, 7) is 4.34. The summed E-state index contributed by atoms with van der Waals surface area (Å²) < 4.78 is 0. The van der Waals surface area contributed by atoms with E-state index in [0.29, 0.717) is 13.0 Å². The number of likely N-dealkylation sites (tertiary alicyclic amines) is 1. The average Bonchev–Trinajstić information content (AvgIpc) is 2.28. The Labute approximate surface area is 67.0 Å². The molecule has 1 rings (SSSR count). The Balaban J connectivity index is 2.52. The Bertz CT molecular complexity index is 158. The number of aliphatic hydroxyl groups excluding tert-OH is 1. The van der Waals surface area contributed by atoms with Crippen LogP contribution in [0.3, 0.4) is 0 Å². The van der Waals surface area contributed by atoms with E-state index in [4.69, 9.17) is 0 Å². The number of amides is 1. The minimum absolute atomic E-state index is 0.147. The van der Waals surface area contributed by atoms with Crippen LogP contribution >= 0.6 is 0 Å². The van der Waals surface area contributed by atoms with E-state index in [1.54, 1.807) is 4.90 Å². The molecule has 3 nitrogen and oxygen atoms in total. The van der Waals surface area contributed by atoms with Gasteiger partial charge in [-0.25, -0.2) is 0 Å². The number of β-amino-alcohol motifs (C(OH)–C–C–N with tert-alkyl or cyclic N) is 1. The molecule has 3 heteroatoms. The lowest BCUT2D eigenvalue weighted by molar-refractivity contribution is -0.131. The summed E-state index contributed by atoms with van der Waals surface area (Å²) in [6, 6.07) is 0.220. The maximum Gasteiger partial charge on any atom is 0.222 e. The van der Waals surface area contributed by atoms with Gasteiger partial charge in [-0.2, -0.15) is 0 Å². The SMILES string of the molecule is CCC(=O)N1C[C@H](O)C[C@H]1C. The molecule has 0 spiro atoms. The minimum Gasteiger partial charge on any atom is -0.391 e. The standard InChI is InChI=1S/C8H15NO2/c1-3-8(11)9-5-7(10)4-6(9)2/h6-7,10H,3-5H2,1-2H3/t6-,7-/m1/s1. The molecular weight excluding hydrogens is 142 g/mol. The summed E-state index contributed by atoms with van der Waals surface area (Å²) in [4.78, 5) is 12.9. The van der Waals surface area contributed by atoms with Crippen LogP contribution in [0.1, 0.15) is 26.7 Å². The van der Waals surface area contributed by atoms with Crippen LogP contribution in [0, 0.1) is 0 Å². The Hall–Kier alpha value is -0.570. The number of aliphatic hydroxyl groups is 1. The first-order valence-corrected chi connectivity index (χ1v) is 4.12. The first-order valence-electron chi connectivity index (χ1n) is 4.12. The highest BCUT2D eigenvalue weighted by molar-refractivity contribution is 5.76. The van der Waals surface area contributed by atoms with Crippen LogP contribution in [0.5, 0.6) is 0 Å². The van der Waals surface area contributed by atoms with Crippen molar-refractivity contribution in [2.45, 2.75) is 38.8 Å². The molecule has 1 fully saturated rings. The molecule has 11 heavy (non-hydrogen) atoms. The van der Waals surface area contributed by atoms with Gasteiger partial charge in [0.2, 0.25) is 5.91 Å². The number of rotatable bonds is 1. The first kappa shape index (κ1) is 8.53. The van der Waals surface area contributed by atoms with Crippen LogP contribution in [0.25, 0.3) is 0 Å². The zero-order chi connectivity index (χ0) is 8.43. The summed E-state index contributed by atoms with van der Waals surface area (Å²) in [5.41, 5.74) is 0. The van der Waals surface area contributed by atoms with Crippen molar-refractivity contribution < 1.29 is 9.90 Å². The minimum atomic E-state index is -0.305. The molecule has 1 aliphatic rings. The fraction of sp³-hybridized carbons (Fsp3) is 0.875. The van der Waals surface area contributed by atoms with Crippen molar-refractivity contribution in [1.82, 2.24) is 4.90 Å². The van der Waals surface area contributed by atoms with Gasteiger partial charge in [-0.3, -0.25) is 4.79 Å². The molecule has 2 atom stereocenters. The monoisotopic (exact) mass is 157 g/mol. The predicted octanol–water partition coefficient (Wildman–Crippen LogP) is 0.378. The molecule has 1 heterocycles. The van der Waals surface area contributed by atoms with Crippen LogP contribution in [0.15, 0.2) is 0 Å². The lowest BCUT2D eigenvalue weighted by atomic mass is 10.2. The summed E-state index contributed by atoms with van der Waals surface area (Å²) in [7, 11) is 0. The van der Waals surface area contributed by atoms with E-state index in [0.717, 1.165) is 6.42 Å². The highest BCUT2D eigenvalue weighted by atomic mass is 16.3. The van der Waals surface area contributed by atoms with E-state index < -0.39 is 0 Å². The van der Waals surface area contributed by atoms with E-state index in [1.807, 2.05) is 13.8 Å². The van der Waals surface area contributed by atoms with Gasteiger partial charge in [0, 0.05) is 19.0 Å². The normalized spacial score (nSPS) is 31.0. The number of hydrogen-bond donors (Lipinski definition) is 1. The van der Waals surface area contributed by atoms with Gasteiger partial charge in [-0.05, 0) is 13.3 Å². The molecule has 1 N–H and O–H groups in total. The highest BCUT2D eigenvalue weighted by Crippen LogP contribution is 2.17. The second-order valence-electron chi connectivity index (χ2n) is 3.14. The van der Waals surface area contributed by atoms with E-state index in [-0.39, 0.29) is 18.1 Å². The second-order valence-corrected chi connectivity index (χ2v) is 3.14. The Morgan fingerprint density at radius 3 is 2.73 bits per heavy atom. The van der Waals surface area contributed by atoms with Crippen LogP contribution in [0.4, 0.5) is 0 Å². The van der Waals surface area contributed by atoms with E-state index in [2.05, 4.69) is 0 Å². The van der Waals surface area contributed by atoms with Crippen LogP contribution in [0.2, 0.25) is 0 Å². The van der Waals surface area contributed by atoms with Crippen molar-refractivity contribution in [1.29, 1.82) is 0 Å². The van der Waals surface area contributed by atoms with Crippen molar-refractivity contribution >= 4 is 5.91 Å². The summed E-state index contributed by atoms with van der Waals surface area (Å²) >= 11 is 0. The molecule has 0 aromatic carbocycles. The third kappa shape index (κ3) is 1.71. The van der Waals surface area contributed by atoms with Crippen molar-refractivity contribution in [2.75, 3.05) is 6.54 Å². The first-order chi connectivity index (χ1) is 5.15. The summed E-state index contributed by atoms with van der Waals surface area (Å²) in [5, 5.41) is 9.22. The maximum atomic E-state index is 11.2.